The molecule has 2 aromatic rings. The number of piperidine rings is 1. The minimum absolute atomic E-state index is 0.205. The summed E-state index contributed by atoms with van der Waals surface area (Å²) in [6.45, 7) is 7.73. The molecule has 7 heteroatoms. The zero-order valence-corrected chi connectivity index (χ0v) is 19.4. The summed E-state index contributed by atoms with van der Waals surface area (Å²) in [7, 11) is 2.02. The zero-order chi connectivity index (χ0) is 23.0. The van der Waals surface area contributed by atoms with Crippen LogP contribution < -0.4 is 10.2 Å². The van der Waals surface area contributed by atoms with Gasteiger partial charge >= 0.3 is 5.97 Å². The Balaban J connectivity index is 1.21. The predicted octanol–water partition coefficient (Wildman–Crippen LogP) is 3.19. The van der Waals surface area contributed by atoms with E-state index in [0.717, 1.165) is 44.1 Å². The van der Waals surface area contributed by atoms with Crippen LogP contribution in [0.5, 0.6) is 0 Å². The molecule has 0 amide bonds. The van der Waals surface area contributed by atoms with Crippen LogP contribution in [0.1, 0.15) is 57.9 Å². The SMILES string of the molecule is CN[C@@H](CN1CCC2(CC1)CCN(c1ccc(C#N)cn1)C2)c1ccc2c(c1C)COC2=O. The standard InChI is InChI=1S/C26H31N5O2/c1-18-20(4-5-21-22(18)16-33-25(21)32)23(28-2)15-30-10-7-26(8-11-30)9-12-31(17-26)24-6-3-19(13-27)14-29-24/h3-6,14,23,28H,7-12,15-17H2,1-2H3/t23-/m0/s1. The van der Waals surface area contributed by atoms with E-state index in [-0.39, 0.29) is 12.0 Å². The lowest BCUT2D eigenvalue weighted by Gasteiger charge is -2.40. The topological polar surface area (TPSA) is 81.5 Å². The molecular formula is C26H31N5O2. The number of nitrogens with zero attached hydrogens (tertiary/aromatic N) is 4. The van der Waals surface area contributed by atoms with E-state index in [1.165, 1.54) is 30.4 Å². The number of esters is 1. The van der Waals surface area contributed by atoms with Gasteiger partial charge in [-0.25, -0.2) is 9.78 Å². The van der Waals surface area contributed by atoms with Crippen molar-refractivity contribution in [3.63, 3.8) is 0 Å². The van der Waals surface area contributed by atoms with Crippen molar-refractivity contribution in [1.82, 2.24) is 15.2 Å². The van der Waals surface area contributed by atoms with Gasteiger partial charge in [0.1, 0.15) is 18.5 Å². The highest BCUT2D eigenvalue weighted by molar-refractivity contribution is 5.94. The van der Waals surface area contributed by atoms with Crippen LogP contribution >= 0.6 is 0 Å². The van der Waals surface area contributed by atoms with Gasteiger partial charge in [-0.2, -0.15) is 5.26 Å². The van der Waals surface area contributed by atoms with Gasteiger partial charge in [0.05, 0.1) is 11.1 Å². The molecule has 0 aliphatic carbocycles. The first-order valence-corrected chi connectivity index (χ1v) is 11.8. The van der Waals surface area contributed by atoms with Gasteiger partial charge in [-0.1, -0.05) is 6.07 Å². The summed E-state index contributed by atoms with van der Waals surface area (Å²) in [5, 5.41) is 12.5. The van der Waals surface area contributed by atoms with Gasteiger partial charge in [0.25, 0.3) is 0 Å². The second kappa shape index (κ2) is 8.77. The van der Waals surface area contributed by atoms with Gasteiger partial charge in [-0.3, -0.25) is 0 Å². The Morgan fingerprint density at radius 2 is 2.00 bits per heavy atom. The third-order valence-electron chi connectivity index (χ3n) is 7.93. The maximum atomic E-state index is 11.9. The van der Waals surface area contributed by atoms with Gasteiger partial charge in [0, 0.05) is 37.4 Å². The fourth-order valence-electron chi connectivity index (χ4n) is 5.74. The molecule has 1 N–H and O–H groups in total. The summed E-state index contributed by atoms with van der Waals surface area (Å²) in [6, 6.07) is 10.2. The van der Waals surface area contributed by atoms with Gasteiger partial charge < -0.3 is 19.9 Å². The first-order valence-electron chi connectivity index (χ1n) is 11.8. The van der Waals surface area contributed by atoms with Crippen molar-refractivity contribution >= 4 is 11.8 Å². The average molecular weight is 446 g/mol. The van der Waals surface area contributed by atoms with Crippen LogP contribution in [0.3, 0.4) is 0 Å². The van der Waals surface area contributed by atoms with Crippen molar-refractivity contribution in [3.8, 4) is 6.07 Å². The summed E-state index contributed by atoms with van der Waals surface area (Å²) >= 11 is 0. The maximum absolute atomic E-state index is 11.9. The van der Waals surface area contributed by atoms with Crippen LogP contribution in [-0.4, -0.2) is 55.6 Å². The summed E-state index contributed by atoms with van der Waals surface area (Å²) in [6.07, 6.45) is 5.27. The van der Waals surface area contributed by atoms with E-state index in [9.17, 15) is 4.79 Å². The molecule has 0 radical (unpaired) electrons. The third kappa shape index (κ3) is 4.09. The highest BCUT2D eigenvalue weighted by atomic mass is 16.5. The minimum Gasteiger partial charge on any atom is -0.457 e. The van der Waals surface area contributed by atoms with E-state index in [4.69, 9.17) is 10.00 Å². The molecule has 1 aromatic carbocycles. The van der Waals surface area contributed by atoms with Crippen LogP contribution in [0.25, 0.3) is 0 Å². The van der Waals surface area contributed by atoms with Crippen LogP contribution in [0.4, 0.5) is 5.82 Å². The van der Waals surface area contributed by atoms with Crippen molar-refractivity contribution in [2.75, 3.05) is 44.7 Å². The van der Waals surface area contributed by atoms with E-state index in [0.29, 0.717) is 23.1 Å². The summed E-state index contributed by atoms with van der Waals surface area (Å²) in [5.74, 6) is 0.780. The lowest BCUT2D eigenvalue weighted by molar-refractivity contribution is 0.0535. The van der Waals surface area contributed by atoms with Gasteiger partial charge in [-0.05, 0) is 81.1 Å². The number of likely N-dealkylation sites (tertiary alicyclic amines) is 1. The first kappa shape index (κ1) is 21.9. The van der Waals surface area contributed by atoms with E-state index in [1.807, 2.05) is 25.2 Å². The van der Waals surface area contributed by atoms with Crippen LogP contribution in [0.15, 0.2) is 30.5 Å². The minimum atomic E-state index is -0.205. The number of cyclic esters (lactones) is 1. The number of anilines is 1. The molecule has 5 rings (SSSR count). The van der Waals surface area contributed by atoms with E-state index in [1.54, 1.807) is 6.20 Å². The van der Waals surface area contributed by atoms with Crippen molar-refractivity contribution in [3.05, 3.63) is 58.3 Å². The van der Waals surface area contributed by atoms with Crippen molar-refractivity contribution in [2.45, 2.75) is 38.8 Å². The largest absolute Gasteiger partial charge is 0.457 e. The van der Waals surface area contributed by atoms with Gasteiger partial charge in [0.15, 0.2) is 0 Å². The number of aromatic nitrogens is 1. The molecule has 0 bridgehead atoms. The highest BCUT2D eigenvalue weighted by Gasteiger charge is 2.41. The molecule has 0 unspecified atom stereocenters. The third-order valence-corrected chi connectivity index (χ3v) is 7.93. The van der Waals surface area contributed by atoms with Crippen LogP contribution in [0.2, 0.25) is 0 Å². The van der Waals surface area contributed by atoms with Crippen LogP contribution in [0, 0.1) is 23.7 Å². The molecule has 1 atom stereocenters. The number of ether oxygens (including phenoxy) is 1. The zero-order valence-electron chi connectivity index (χ0n) is 19.4. The molecule has 2 saturated heterocycles. The molecule has 172 valence electrons. The number of nitrogens with one attached hydrogen (secondary N) is 1. The number of rotatable bonds is 5. The number of hydrogen-bond donors (Lipinski definition) is 1. The molecule has 1 aromatic heterocycles. The maximum Gasteiger partial charge on any atom is 0.338 e. The Hall–Kier alpha value is -2.95. The molecule has 3 aliphatic heterocycles. The van der Waals surface area contributed by atoms with Crippen molar-refractivity contribution < 1.29 is 9.53 Å². The monoisotopic (exact) mass is 445 g/mol. The number of carbonyl (C=O) groups excluding carboxylic acids is 1. The summed E-state index contributed by atoms with van der Waals surface area (Å²) in [5.41, 5.74) is 5.16. The predicted molar refractivity (Wildman–Crippen MR) is 126 cm³/mol. The second-order valence-corrected chi connectivity index (χ2v) is 9.71. The number of nitriles is 1. The number of benzene rings is 1. The Labute approximate surface area is 195 Å². The molecule has 3 aliphatic rings. The normalized spacial score (nSPS) is 20.5. The Morgan fingerprint density at radius 1 is 1.21 bits per heavy atom. The highest BCUT2D eigenvalue weighted by Crippen LogP contribution is 2.42. The quantitative estimate of drug-likeness (QED) is 0.708. The first-order chi connectivity index (χ1) is 16.0. The summed E-state index contributed by atoms with van der Waals surface area (Å²) in [4.78, 5) is 21.3. The number of fused-ring (bicyclic) bond motifs is 1. The molecule has 7 nitrogen and oxygen atoms in total. The molecule has 33 heavy (non-hydrogen) atoms. The molecular weight excluding hydrogens is 414 g/mol. The lowest BCUT2D eigenvalue weighted by atomic mass is 9.77. The molecule has 0 saturated carbocycles. The van der Waals surface area contributed by atoms with Crippen molar-refractivity contribution in [2.24, 2.45) is 5.41 Å². The fourth-order valence-corrected chi connectivity index (χ4v) is 5.74. The number of pyridine rings is 1. The molecule has 2 fully saturated rings. The van der Waals surface area contributed by atoms with Gasteiger partial charge in [-0.15, -0.1) is 0 Å². The van der Waals surface area contributed by atoms with Gasteiger partial charge in [0.2, 0.25) is 0 Å². The Kier molecular flexibility index (Phi) is 5.81. The van der Waals surface area contributed by atoms with E-state index < -0.39 is 0 Å². The Morgan fingerprint density at radius 3 is 2.70 bits per heavy atom. The van der Waals surface area contributed by atoms with E-state index in [2.05, 4.69) is 39.2 Å². The van der Waals surface area contributed by atoms with Crippen molar-refractivity contribution in [1.29, 1.82) is 5.26 Å². The molecule has 4 heterocycles. The van der Waals surface area contributed by atoms with Crippen LogP contribution in [-0.2, 0) is 11.3 Å². The Bertz CT molecular complexity index is 1080. The average Bonchev–Trinajstić information content (AvgIpc) is 3.44. The molecule has 1 spiro atoms. The number of carbonyl (C=O) groups is 1. The fraction of sp³-hybridized carbons (Fsp3) is 0.500. The lowest BCUT2D eigenvalue weighted by Crippen LogP contribution is -2.44. The number of likely N-dealkylation sites (N-methyl/N-ethyl adjacent to an activating group) is 1. The van der Waals surface area contributed by atoms with E-state index >= 15 is 0 Å². The smallest absolute Gasteiger partial charge is 0.338 e. The summed E-state index contributed by atoms with van der Waals surface area (Å²) < 4.78 is 5.24. The second-order valence-electron chi connectivity index (χ2n) is 9.71. The number of hydrogen-bond acceptors (Lipinski definition) is 7.